The smallest absolute Gasteiger partial charge is 0.233 e. The first-order valence-corrected chi connectivity index (χ1v) is 8.56. The normalized spacial score (nSPS) is 17.2. The lowest BCUT2D eigenvalue weighted by atomic mass is 10.1. The van der Waals surface area contributed by atoms with Crippen molar-refractivity contribution >= 4 is 11.6 Å². The van der Waals surface area contributed by atoms with Crippen molar-refractivity contribution in [3.8, 4) is 0 Å². The van der Waals surface area contributed by atoms with Crippen molar-refractivity contribution < 1.29 is 4.79 Å². The summed E-state index contributed by atoms with van der Waals surface area (Å²) in [5.74, 6) is 0.590. The van der Waals surface area contributed by atoms with Gasteiger partial charge in [-0.05, 0) is 30.5 Å². The predicted octanol–water partition coefficient (Wildman–Crippen LogP) is 1.12. The van der Waals surface area contributed by atoms with Crippen molar-refractivity contribution in [3.05, 3.63) is 48.8 Å². The maximum absolute atomic E-state index is 11.9. The van der Waals surface area contributed by atoms with Gasteiger partial charge in [0.05, 0.1) is 13.1 Å². The van der Waals surface area contributed by atoms with Crippen LogP contribution in [0, 0.1) is 5.92 Å². The summed E-state index contributed by atoms with van der Waals surface area (Å²) >= 11 is 0. The molecule has 0 radical (unpaired) electrons. The molecule has 3 rings (SSSR count). The van der Waals surface area contributed by atoms with Crippen LogP contribution in [0.1, 0.15) is 6.42 Å². The van der Waals surface area contributed by atoms with Crippen molar-refractivity contribution in [1.82, 2.24) is 20.4 Å². The fourth-order valence-corrected chi connectivity index (χ4v) is 3.02. The third-order valence-corrected chi connectivity index (χ3v) is 4.36. The number of para-hydroxylation sites is 1. The molecule has 0 aliphatic carbocycles. The van der Waals surface area contributed by atoms with Gasteiger partial charge in [-0.3, -0.25) is 9.48 Å². The molecule has 6 heteroatoms. The molecule has 1 aliphatic heterocycles. The van der Waals surface area contributed by atoms with E-state index >= 15 is 0 Å². The first-order chi connectivity index (χ1) is 11.8. The fourth-order valence-electron chi connectivity index (χ4n) is 3.02. The molecule has 1 aromatic heterocycles. The molecule has 128 valence electrons. The molecule has 2 heterocycles. The Balaban J connectivity index is 1.29. The number of nitrogens with zero attached hydrogens (tertiary/aromatic N) is 3. The highest BCUT2D eigenvalue weighted by Gasteiger charge is 2.22. The Morgan fingerprint density at radius 3 is 2.92 bits per heavy atom. The highest BCUT2D eigenvalue weighted by atomic mass is 16.1. The molecule has 0 unspecified atom stereocenters. The minimum Gasteiger partial charge on any atom is -0.371 e. The first-order valence-electron chi connectivity index (χ1n) is 8.56. The zero-order chi connectivity index (χ0) is 16.6. The van der Waals surface area contributed by atoms with Crippen molar-refractivity contribution in [2.45, 2.75) is 13.0 Å². The van der Waals surface area contributed by atoms with Gasteiger partial charge in [0.25, 0.3) is 0 Å². The molecule has 1 aliphatic rings. The predicted molar refractivity (Wildman–Crippen MR) is 94.9 cm³/mol. The molecule has 2 N–H and O–H groups in total. The van der Waals surface area contributed by atoms with Crippen molar-refractivity contribution in [3.63, 3.8) is 0 Å². The number of rotatable bonds is 8. The van der Waals surface area contributed by atoms with E-state index in [-0.39, 0.29) is 5.91 Å². The van der Waals surface area contributed by atoms with Crippen LogP contribution < -0.4 is 15.5 Å². The molecular formula is C18H25N5O. The second kappa shape index (κ2) is 8.49. The average molecular weight is 327 g/mol. The van der Waals surface area contributed by atoms with E-state index in [1.165, 1.54) is 5.69 Å². The van der Waals surface area contributed by atoms with E-state index in [0.717, 1.165) is 39.1 Å². The summed E-state index contributed by atoms with van der Waals surface area (Å²) in [6.07, 6.45) is 4.80. The monoisotopic (exact) mass is 327 g/mol. The number of hydrogen-bond acceptors (Lipinski definition) is 4. The van der Waals surface area contributed by atoms with Gasteiger partial charge in [-0.15, -0.1) is 0 Å². The van der Waals surface area contributed by atoms with Gasteiger partial charge in [0.1, 0.15) is 0 Å². The van der Waals surface area contributed by atoms with Crippen LogP contribution in [0.25, 0.3) is 0 Å². The quantitative estimate of drug-likeness (QED) is 0.713. The van der Waals surface area contributed by atoms with E-state index in [1.54, 1.807) is 6.20 Å². The van der Waals surface area contributed by atoms with E-state index in [9.17, 15) is 4.79 Å². The number of nitrogens with one attached hydrogen (secondary N) is 2. The minimum atomic E-state index is 0.0635. The zero-order valence-electron chi connectivity index (χ0n) is 13.9. The van der Waals surface area contributed by atoms with Crippen LogP contribution in [0.5, 0.6) is 0 Å². The Labute approximate surface area is 142 Å². The van der Waals surface area contributed by atoms with E-state index in [4.69, 9.17) is 0 Å². The van der Waals surface area contributed by atoms with Crippen LogP contribution in [0.2, 0.25) is 0 Å². The Hall–Kier alpha value is -2.34. The summed E-state index contributed by atoms with van der Waals surface area (Å²) in [6.45, 7) is 4.69. The lowest BCUT2D eigenvalue weighted by Gasteiger charge is -2.18. The average Bonchev–Trinajstić information content (AvgIpc) is 3.29. The highest BCUT2D eigenvalue weighted by Crippen LogP contribution is 2.22. The lowest BCUT2D eigenvalue weighted by molar-refractivity contribution is -0.120. The molecule has 1 saturated heterocycles. The number of anilines is 1. The number of carbonyl (C=O) groups is 1. The molecule has 6 nitrogen and oxygen atoms in total. The van der Waals surface area contributed by atoms with Crippen molar-refractivity contribution in [1.29, 1.82) is 0 Å². The Morgan fingerprint density at radius 1 is 1.25 bits per heavy atom. The third-order valence-electron chi connectivity index (χ3n) is 4.36. The van der Waals surface area contributed by atoms with Crippen LogP contribution in [0.15, 0.2) is 48.8 Å². The zero-order valence-corrected chi connectivity index (χ0v) is 13.9. The highest BCUT2D eigenvalue weighted by molar-refractivity contribution is 5.77. The van der Waals surface area contributed by atoms with Crippen molar-refractivity contribution in [2.24, 2.45) is 5.92 Å². The van der Waals surface area contributed by atoms with Crippen LogP contribution in [-0.2, 0) is 11.3 Å². The SMILES string of the molecule is O=C(CNCCn1cccn1)NC[C@@H]1CCN(c2ccccc2)C1. The first kappa shape index (κ1) is 16.5. The fraction of sp³-hybridized carbons (Fsp3) is 0.444. The minimum absolute atomic E-state index is 0.0635. The molecule has 2 aromatic rings. The van der Waals surface area contributed by atoms with Gasteiger partial charge in [0.2, 0.25) is 5.91 Å². The molecule has 24 heavy (non-hydrogen) atoms. The molecule has 1 fully saturated rings. The summed E-state index contributed by atoms with van der Waals surface area (Å²) < 4.78 is 1.85. The molecule has 0 saturated carbocycles. The number of benzene rings is 1. The van der Waals surface area contributed by atoms with E-state index in [0.29, 0.717) is 12.5 Å². The largest absolute Gasteiger partial charge is 0.371 e. The van der Waals surface area contributed by atoms with Crippen LogP contribution in [0.4, 0.5) is 5.69 Å². The van der Waals surface area contributed by atoms with Gasteiger partial charge in [0.15, 0.2) is 0 Å². The van der Waals surface area contributed by atoms with Gasteiger partial charge in [0, 0.05) is 44.3 Å². The number of aromatic nitrogens is 2. The topological polar surface area (TPSA) is 62.2 Å². The number of carbonyl (C=O) groups excluding carboxylic acids is 1. The van der Waals surface area contributed by atoms with E-state index < -0.39 is 0 Å². The summed E-state index contributed by atoms with van der Waals surface area (Å²) in [7, 11) is 0. The summed E-state index contributed by atoms with van der Waals surface area (Å²) in [5.41, 5.74) is 1.27. The van der Waals surface area contributed by atoms with Gasteiger partial charge in [-0.25, -0.2) is 0 Å². The maximum atomic E-state index is 11.9. The van der Waals surface area contributed by atoms with Crippen LogP contribution >= 0.6 is 0 Å². The van der Waals surface area contributed by atoms with E-state index in [2.05, 4.69) is 44.9 Å². The summed E-state index contributed by atoms with van der Waals surface area (Å²) in [4.78, 5) is 14.3. The van der Waals surface area contributed by atoms with Gasteiger partial charge in [-0.2, -0.15) is 5.10 Å². The van der Waals surface area contributed by atoms with E-state index in [1.807, 2.05) is 23.0 Å². The van der Waals surface area contributed by atoms with Crippen LogP contribution in [0.3, 0.4) is 0 Å². The Bertz CT molecular complexity index is 614. The standard InChI is InChI=1S/C18H25N5O/c24-18(14-19-9-12-23-10-4-8-21-23)20-13-16-7-11-22(15-16)17-5-2-1-3-6-17/h1-6,8,10,16,19H,7,9,11-15H2,(H,20,24)/t16-/m0/s1. The second-order valence-corrected chi connectivity index (χ2v) is 6.19. The second-order valence-electron chi connectivity index (χ2n) is 6.19. The van der Waals surface area contributed by atoms with Gasteiger partial charge >= 0.3 is 0 Å². The number of hydrogen-bond donors (Lipinski definition) is 2. The van der Waals surface area contributed by atoms with Gasteiger partial charge in [-0.1, -0.05) is 18.2 Å². The molecule has 0 spiro atoms. The maximum Gasteiger partial charge on any atom is 0.233 e. The summed E-state index contributed by atoms with van der Waals surface area (Å²) in [5, 5.41) is 10.3. The van der Waals surface area contributed by atoms with Crippen LogP contribution in [-0.4, -0.2) is 48.4 Å². The third kappa shape index (κ3) is 4.83. The lowest BCUT2D eigenvalue weighted by Crippen LogP contribution is -2.38. The number of amides is 1. The van der Waals surface area contributed by atoms with Crippen molar-refractivity contribution in [2.75, 3.05) is 37.6 Å². The molecular weight excluding hydrogens is 302 g/mol. The molecule has 1 aromatic carbocycles. The molecule has 0 bridgehead atoms. The molecule has 1 amide bonds. The Kier molecular flexibility index (Phi) is 5.85. The molecule has 1 atom stereocenters. The summed E-state index contributed by atoms with van der Waals surface area (Å²) in [6, 6.07) is 12.4. The van der Waals surface area contributed by atoms with Gasteiger partial charge < -0.3 is 15.5 Å². The Morgan fingerprint density at radius 2 is 2.12 bits per heavy atom.